The molecule has 1 aromatic heterocycles. The number of nitrogens with zero attached hydrogens (tertiary/aromatic N) is 1. The van der Waals surface area contributed by atoms with Crippen LogP contribution in [-0.2, 0) is 0 Å². The Morgan fingerprint density at radius 1 is 1.24 bits per heavy atom. The molecule has 0 aliphatic heterocycles. The monoisotopic (exact) mass is 320 g/mol. The van der Waals surface area contributed by atoms with Gasteiger partial charge in [-0.25, -0.2) is 4.39 Å². The minimum absolute atomic E-state index is 0.0835. The van der Waals surface area contributed by atoms with Crippen LogP contribution in [0.5, 0.6) is 0 Å². The summed E-state index contributed by atoms with van der Waals surface area (Å²) in [5, 5.41) is 0.646. The van der Waals surface area contributed by atoms with Crippen molar-refractivity contribution in [3.8, 4) is 0 Å². The van der Waals surface area contributed by atoms with E-state index in [0.29, 0.717) is 15.4 Å². The van der Waals surface area contributed by atoms with E-state index in [4.69, 9.17) is 23.8 Å². The van der Waals surface area contributed by atoms with Gasteiger partial charge in [0, 0.05) is 5.02 Å². The summed E-state index contributed by atoms with van der Waals surface area (Å²) in [4.78, 5) is 3.16. The topological polar surface area (TPSA) is 20.7 Å². The van der Waals surface area contributed by atoms with Crippen LogP contribution in [0.15, 0.2) is 36.4 Å². The highest BCUT2D eigenvalue weighted by atomic mass is 35.5. The molecule has 0 spiro atoms. The third kappa shape index (κ3) is 2.49. The Morgan fingerprint density at radius 2 is 2.00 bits per heavy atom. The molecule has 0 amide bonds. The van der Waals surface area contributed by atoms with Gasteiger partial charge in [0.1, 0.15) is 5.82 Å². The lowest BCUT2D eigenvalue weighted by atomic mass is 10.1. The molecule has 0 saturated carbocycles. The maximum absolute atomic E-state index is 13.8. The standard InChI is InChI=1S/C16H14ClFN2S/c1-9-3-4-11(7-13(9)18)10(2)20-15-8-12(17)5-6-14(15)19-16(20)21/h3-8,10H,1-2H3,(H,19,21). The van der Waals surface area contributed by atoms with Crippen molar-refractivity contribution in [1.29, 1.82) is 0 Å². The Bertz CT molecular complexity index is 882. The van der Waals surface area contributed by atoms with Crippen molar-refractivity contribution >= 4 is 34.9 Å². The van der Waals surface area contributed by atoms with Gasteiger partial charge in [0.25, 0.3) is 0 Å². The Hall–Kier alpha value is -1.65. The fraction of sp³-hybridized carbons (Fsp3) is 0.188. The highest BCUT2D eigenvalue weighted by Gasteiger charge is 2.14. The number of fused-ring (bicyclic) bond motifs is 1. The summed E-state index contributed by atoms with van der Waals surface area (Å²) in [6.07, 6.45) is 0. The summed E-state index contributed by atoms with van der Waals surface area (Å²) in [7, 11) is 0. The van der Waals surface area contributed by atoms with Gasteiger partial charge in [0.15, 0.2) is 4.77 Å². The Labute approximate surface area is 132 Å². The van der Waals surface area contributed by atoms with Crippen molar-refractivity contribution < 1.29 is 4.39 Å². The molecule has 0 fully saturated rings. The van der Waals surface area contributed by atoms with E-state index in [1.54, 1.807) is 19.1 Å². The number of hydrogen-bond acceptors (Lipinski definition) is 1. The molecule has 3 rings (SSSR count). The van der Waals surface area contributed by atoms with Crippen molar-refractivity contribution in [2.45, 2.75) is 19.9 Å². The van der Waals surface area contributed by atoms with E-state index in [1.807, 2.05) is 35.8 Å². The fourth-order valence-electron chi connectivity index (χ4n) is 2.50. The predicted octanol–water partition coefficient (Wildman–Crippen LogP) is 5.41. The molecule has 108 valence electrons. The van der Waals surface area contributed by atoms with Crippen molar-refractivity contribution in [2.24, 2.45) is 0 Å². The second-order valence-electron chi connectivity index (χ2n) is 5.15. The Balaban J connectivity index is 2.19. The average Bonchev–Trinajstić information content (AvgIpc) is 2.76. The van der Waals surface area contributed by atoms with Crippen LogP contribution >= 0.6 is 23.8 Å². The molecule has 0 radical (unpaired) electrons. The molecule has 1 atom stereocenters. The molecule has 2 nitrogen and oxygen atoms in total. The number of aryl methyl sites for hydroxylation is 1. The van der Waals surface area contributed by atoms with Crippen LogP contribution in [0.2, 0.25) is 5.02 Å². The van der Waals surface area contributed by atoms with E-state index in [9.17, 15) is 4.39 Å². The van der Waals surface area contributed by atoms with Gasteiger partial charge in [0.2, 0.25) is 0 Å². The maximum Gasteiger partial charge on any atom is 0.178 e. The number of H-pyrrole nitrogens is 1. The van der Waals surface area contributed by atoms with E-state index in [-0.39, 0.29) is 11.9 Å². The first-order valence-corrected chi connectivity index (χ1v) is 7.42. The Morgan fingerprint density at radius 3 is 2.71 bits per heavy atom. The summed E-state index contributed by atoms with van der Waals surface area (Å²) < 4.78 is 16.4. The summed E-state index contributed by atoms with van der Waals surface area (Å²) in [5.41, 5.74) is 3.34. The lowest BCUT2D eigenvalue weighted by Crippen LogP contribution is -2.07. The largest absolute Gasteiger partial charge is 0.331 e. The molecule has 0 aliphatic rings. The van der Waals surface area contributed by atoms with Gasteiger partial charge in [-0.15, -0.1) is 0 Å². The first-order valence-electron chi connectivity index (χ1n) is 6.63. The first-order chi connectivity index (χ1) is 9.97. The number of imidazole rings is 1. The molecule has 2 aromatic carbocycles. The van der Waals surface area contributed by atoms with Gasteiger partial charge in [-0.2, -0.15) is 0 Å². The molecule has 0 aliphatic carbocycles. The van der Waals surface area contributed by atoms with Crippen LogP contribution in [0.3, 0.4) is 0 Å². The SMILES string of the molecule is Cc1ccc(C(C)n2c(=S)[nH]c3ccc(Cl)cc32)cc1F. The van der Waals surface area contributed by atoms with Gasteiger partial charge in [0.05, 0.1) is 17.1 Å². The highest BCUT2D eigenvalue weighted by Crippen LogP contribution is 2.27. The lowest BCUT2D eigenvalue weighted by Gasteiger charge is -2.16. The number of nitrogens with one attached hydrogen (secondary N) is 1. The molecular weight excluding hydrogens is 307 g/mol. The molecule has 3 aromatic rings. The van der Waals surface area contributed by atoms with Crippen LogP contribution in [0.25, 0.3) is 11.0 Å². The summed E-state index contributed by atoms with van der Waals surface area (Å²) in [6.45, 7) is 3.75. The van der Waals surface area contributed by atoms with Gasteiger partial charge in [-0.1, -0.05) is 23.7 Å². The summed E-state index contributed by atoms with van der Waals surface area (Å²) >= 11 is 11.5. The first kappa shape index (κ1) is 14.3. The van der Waals surface area contributed by atoms with Crippen molar-refractivity contribution in [3.63, 3.8) is 0 Å². The highest BCUT2D eigenvalue weighted by molar-refractivity contribution is 7.71. The number of rotatable bonds is 2. The molecule has 0 bridgehead atoms. The second kappa shape index (κ2) is 5.28. The second-order valence-corrected chi connectivity index (χ2v) is 5.97. The molecule has 5 heteroatoms. The number of halogens is 2. The third-order valence-corrected chi connectivity index (χ3v) is 4.28. The van der Waals surface area contributed by atoms with Gasteiger partial charge in [-0.3, -0.25) is 0 Å². The van der Waals surface area contributed by atoms with Gasteiger partial charge < -0.3 is 9.55 Å². The normalized spacial score (nSPS) is 12.8. The van der Waals surface area contributed by atoms with E-state index >= 15 is 0 Å². The Kier molecular flexibility index (Phi) is 3.59. The van der Waals surface area contributed by atoms with Crippen LogP contribution in [-0.4, -0.2) is 9.55 Å². The van der Waals surface area contributed by atoms with Crippen LogP contribution < -0.4 is 0 Å². The van der Waals surface area contributed by atoms with Crippen LogP contribution in [0.4, 0.5) is 4.39 Å². The predicted molar refractivity (Wildman–Crippen MR) is 87.1 cm³/mol. The number of aromatic nitrogens is 2. The molecular formula is C16H14ClFN2S. The fourth-order valence-corrected chi connectivity index (χ4v) is 3.03. The van der Waals surface area contributed by atoms with E-state index < -0.39 is 0 Å². The maximum atomic E-state index is 13.8. The van der Waals surface area contributed by atoms with Crippen LogP contribution in [0.1, 0.15) is 24.1 Å². The molecule has 21 heavy (non-hydrogen) atoms. The van der Waals surface area contributed by atoms with Gasteiger partial charge in [-0.05, 0) is 61.5 Å². The minimum atomic E-state index is -0.205. The molecule has 1 unspecified atom stereocenters. The van der Waals surface area contributed by atoms with E-state index in [2.05, 4.69) is 4.98 Å². The molecule has 1 heterocycles. The van der Waals surface area contributed by atoms with Crippen molar-refractivity contribution in [3.05, 3.63) is 63.1 Å². The van der Waals surface area contributed by atoms with Gasteiger partial charge >= 0.3 is 0 Å². The summed E-state index contributed by atoms with van der Waals surface area (Å²) in [6, 6.07) is 10.8. The minimum Gasteiger partial charge on any atom is -0.331 e. The smallest absolute Gasteiger partial charge is 0.178 e. The van der Waals surface area contributed by atoms with Crippen LogP contribution in [0, 0.1) is 17.5 Å². The zero-order valence-corrected chi connectivity index (χ0v) is 13.2. The molecule has 1 N–H and O–H groups in total. The summed E-state index contributed by atoms with van der Waals surface area (Å²) in [5.74, 6) is -0.205. The number of benzene rings is 2. The zero-order chi connectivity index (χ0) is 15.1. The van der Waals surface area contributed by atoms with Crippen molar-refractivity contribution in [1.82, 2.24) is 9.55 Å². The zero-order valence-electron chi connectivity index (χ0n) is 11.7. The lowest BCUT2D eigenvalue weighted by molar-refractivity contribution is 0.600. The number of aromatic amines is 1. The quantitative estimate of drug-likeness (QED) is 0.626. The van der Waals surface area contributed by atoms with Crippen molar-refractivity contribution in [2.75, 3.05) is 0 Å². The third-order valence-electron chi connectivity index (χ3n) is 3.75. The van der Waals surface area contributed by atoms with E-state index in [0.717, 1.165) is 16.6 Å². The van der Waals surface area contributed by atoms with E-state index in [1.165, 1.54) is 0 Å². The number of hydrogen-bond donors (Lipinski definition) is 1. The molecule has 0 saturated heterocycles. The average molecular weight is 321 g/mol.